The Morgan fingerprint density at radius 3 is 2.86 bits per heavy atom. The lowest BCUT2D eigenvalue weighted by atomic mass is 10.2. The molecule has 0 fully saturated rings. The number of halogens is 1. The summed E-state index contributed by atoms with van der Waals surface area (Å²) in [6.45, 7) is 4.24. The molecule has 0 aliphatic rings. The van der Waals surface area contributed by atoms with E-state index in [0.29, 0.717) is 31.9 Å². The summed E-state index contributed by atoms with van der Waals surface area (Å²) in [7, 11) is 1.62. The summed E-state index contributed by atoms with van der Waals surface area (Å²) >= 11 is 0. The monoisotopic (exact) mass is 301 g/mol. The molecule has 0 radical (unpaired) electrons. The van der Waals surface area contributed by atoms with Gasteiger partial charge in [0.15, 0.2) is 11.6 Å². The van der Waals surface area contributed by atoms with Crippen LogP contribution in [0.1, 0.15) is 12.5 Å². The fourth-order valence-corrected chi connectivity index (χ4v) is 1.73. The summed E-state index contributed by atoms with van der Waals surface area (Å²) in [5.41, 5.74) is 0.703. The summed E-state index contributed by atoms with van der Waals surface area (Å²) in [5.74, 6) is -0.275. The zero-order valence-electron chi connectivity index (χ0n) is 12.6. The van der Waals surface area contributed by atoms with E-state index in [9.17, 15) is 9.50 Å². The number of aliphatic hydroxyl groups is 1. The van der Waals surface area contributed by atoms with E-state index in [4.69, 9.17) is 14.2 Å². The number of para-hydroxylation sites is 1. The van der Waals surface area contributed by atoms with Crippen molar-refractivity contribution < 1.29 is 23.7 Å². The summed E-state index contributed by atoms with van der Waals surface area (Å²) in [5, 5.41) is 12.8. The van der Waals surface area contributed by atoms with E-state index >= 15 is 0 Å². The fraction of sp³-hybridized carbons (Fsp3) is 0.600. The van der Waals surface area contributed by atoms with Crippen molar-refractivity contribution in [3.63, 3.8) is 0 Å². The van der Waals surface area contributed by atoms with Gasteiger partial charge in [0.25, 0.3) is 0 Å². The van der Waals surface area contributed by atoms with E-state index in [1.54, 1.807) is 19.2 Å². The first-order valence-corrected chi connectivity index (χ1v) is 7.04. The largest absolute Gasteiger partial charge is 0.487 e. The van der Waals surface area contributed by atoms with Crippen LogP contribution in [0.4, 0.5) is 4.39 Å². The molecule has 1 aromatic carbocycles. The summed E-state index contributed by atoms with van der Waals surface area (Å²) in [6, 6.07) is 4.75. The Labute approximate surface area is 125 Å². The van der Waals surface area contributed by atoms with Gasteiger partial charge in [0, 0.05) is 32.4 Å². The lowest BCUT2D eigenvalue weighted by Crippen LogP contribution is -2.24. The van der Waals surface area contributed by atoms with Gasteiger partial charge in [0.2, 0.25) is 0 Å². The van der Waals surface area contributed by atoms with Gasteiger partial charge in [-0.25, -0.2) is 4.39 Å². The molecule has 120 valence electrons. The van der Waals surface area contributed by atoms with Crippen molar-refractivity contribution in [2.24, 2.45) is 0 Å². The maximum absolute atomic E-state index is 13.8. The number of aliphatic hydroxyl groups excluding tert-OH is 1. The summed E-state index contributed by atoms with van der Waals surface area (Å²) in [6.07, 6.45) is -0.779. The van der Waals surface area contributed by atoms with E-state index in [1.807, 2.05) is 6.92 Å². The van der Waals surface area contributed by atoms with Crippen LogP contribution in [0.3, 0.4) is 0 Å². The summed E-state index contributed by atoms with van der Waals surface area (Å²) < 4.78 is 29.3. The molecule has 0 aromatic heterocycles. The average molecular weight is 301 g/mol. The number of methoxy groups -OCH3 is 1. The standard InChI is InChI=1S/C15H24FNO4/c1-3-20-10-13(18)11-21-15-12(5-4-6-14(15)16)9-17-7-8-19-2/h4-6,13,17-18H,3,7-11H2,1-2H3. The third-order valence-corrected chi connectivity index (χ3v) is 2.78. The Morgan fingerprint density at radius 2 is 2.14 bits per heavy atom. The van der Waals surface area contributed by atoms with Crippen molar-refractivity contribution in [2.75, 3.05) is 40.1 Å². The molecule has 5 nitrogen and oxygen atoms in total. The Balaban J connectivity index is 2.54. The molecule has 21 heavy (non-hydrogen) atoms. The molecule has 0 aliphatic heterocycles. The SMILES string of the molecule is CCOCC(O)COc1c(F)cccc1CNCCOC. The zero-order chi connectivity index (χ0) is 15.5. The smallest absolute Gasteiger partial charge is 0.165 e. The van der Waals surface area contributed by atoms with Crippen LogP contribution in [0.25, 0.3) is 0 Å². The molecule has 1 aromatic rings. The molecular weight excluding hydrogens is 277 g/mol. The van der Waals surface area contributed by atoms with Crippen LogP contribution >= 0.6 is 0 Å². The maximum atomic E-state index is 13.8. The van der Waals surface area contributed by atoms with Crippen LogP contribution in [0.15, 0.2) is 18.2 Å². The van der Waals surface area contributed by atoms with Crippen molar-refractivity contribution in [2.45, 2.75) is 19.6 Å². The van der Waals surface area contributed by atoms with Crippen LogP contribution in [0.2, 0.25) is 0 Å². The van der Waals surface area contributed by atoms with Crippen molar-refractivity contribution in [3.8, 4) is 5.75 Å². The van der Waals surface area contributed by atoms with Crippen LogP contribution < -0.4 is 10.1 Å². The molecule has 0 heterocycles. The van der Waals surface area contributed by atoms with Crippen LogP contribution in [-0.4, -0.2) is 51.3 Å². The number of ether oxygens (including phenoxy) is 3. The topological polar surface area (TPSA) is 60.0 Å². The van der Waals surface area contributed by atoms with Crippen molar-refractivity contribution in [1.82, 2.24) is 5.32 Å². The number of hydrogen-bond donors (Lipinski definition) is 2. The van der Waals surface area contributed by atoms with E-state index in [1.165, 1.54) is 6.07 Å². The molecule has 0 saturated heterocycles. The number of rotatable bonds is 11. The lowest BCUT2D eigenvalue weighted by Gasteiger charge is -2.16. The number of benzene rings is 1. The van der Waals surface area contributed by atoms with Gasteiger partial charge in [0.05, 0.1) is 13.2 Å². The van der Waals surface area contributed by atoms with Crippen molar-refractivity contribution >= 4 is 0 Å². The fourth-order valence-electron chi connectivity index (χ4n) is 1.73. The second-order valence-corrected chi connectivity index (χ2v) is 4.52. The molecule has 0 amide bonds. The zero-order valence-corrected chi connectivity index (χ0v) is 12.6. The highest BCUT2D eigenvalue weighted by molar-refractivity contribution is 5.34. The Bertz CT molecular complexity index is 403. The minimum Gasteiger partial charge on any atom is -0.487 e. The van der Waals surface area contributed by atoms with Crippen LogP contribution in [0, 0.1) is 5.82 Å². The molecule has 0 aliphatic carbocycles. The second kappa shape index (κ2) is 10.5. The molecule has 0 spiro atoms. The van der Waals surface area contributed by atoms with Crippen molar-refractivity contribution in [3.05, 3.63) is 29.6 Å². The molecule has 1 rings (SSSR count). The number of nitrogens with one attached hydrogen (secondary N) is 1. The van der Waals surface area contributed by atoms with E-state index in [0.717, 1.165) is 0 Å². The quantitative estimate of drug-likeness (QED) is 0.604. The first kappa shape index (κ1) is 17.8. The van der Waals surface area contributed by atoms with Gasteiger partial charge < -0.3 is 24.6 Å². The predicted molar refractivity (Wildman–Crippen MR) is 78.0 cm³/mol. The Morgan fingerprint density at radius 1 is 1.33 bits per heavy atom. The predicted octanol–water partition coefficient (Wildman–Crippen LogP) is 1.34. The third kappa shape index (κ3) is 6.86. The third-order valence-electron chi connectivity index (χ3n) is 2.78. The molecule has 0 saturated carbocycles. The highest BCUT2D eigenvalue weighted by Crippen LogP contribution is 2.22. The maximum Gasteiger partial charge on any atom is 0.165 e. The summed E-state index contributed by atoms with van der Waals surface area (Å²) in [4.78, 5) is 0. The first-order valence-electron chi connectivity index (χ1n) is 7.04. The Hall–Kier alpha value is -1.21. The highest BCUT2D eigenvalue weighted by atomic mass is 19.1. The van der Waals surface area contributed by atoms with E-state index in [-0.39, 0.29) is 19.0 Å². The van der Waals surface area contributed by atoms with Gasteiger partial charge in [-0.1, -0.05) is 12.1 Å². The van der Waals surface area contributed by atoms with Gasteiger partial charge in [-0.3, -0.25) is 0 Å². The molecule has 0 bridgehead atoms. The van der Waals surface area contributed by atoms with Gasteiger partial charge >= 0.3 is 0 Å². The second-order valence-electron chi connectivity index (χ2n) is 4.52. The van der Waals surface area contributed by atoms with Gasteiger partial charge in [-0.2, -0.15) is 0 Å². The normalized spacial score (nSPS) is 12.4. The lowest BCUT2D eigenvalue weighted by molar-refractivity contribution is 0.0155. The molecular formula is C15H24FNO4. The molecule has 2 N–H and O–H groups in total. The van der Waals surface area contributed by atoms with E-state index < -0.39 is 11.9 Å². The molecule has 1 atom stereocenters. The minimum atomic E-state index is -0.779. The first-order chi connectivity index (χ1) is 10.2. The minimum absolute atomic E-state index is 0.00793. The van der Waals surface area contributed by atoms with Gasteiger partial charge in [0.1, 0.15) is 12.7 Å². The van der Waals surface area contributed by atoms with Gasteiger partial charge in [-0.05, 0) is 13.0 Å². The molecule has 1 unspecified atom stereocenters. The van der Waals surface area contributed by atoms with Crippen LogP contribution in [-0.2, 0) is 16.0 Å². The highest BCUT2D eigenvalue weighted by Gasteiger charge is 2.12. The van der Waals surface area contributed by atoms with E-state index in [2.05, 4.69) is 5.32 Å². The Kier molecular flexibility index (Phi) is 8.93. The molecule has 6 heteroatoms. The van der Waals surface area contributed by atoms with Crippen LogP contribution in [0.5, 0.6) is 5.75 Å². The van der Waals surface area contributed by atoms with Crippen molar-refractivity contribution in [1.29, 1.82) is 0 Å². The number of hydrogen-bond acceptors (Lipinski definition) is 5. The van der Waals surface area contributed by atoms with Gasteiger partial charge in [-0.15, -0.1) is 0 Å². The average Bonchev–Trinajstić information content (AvgIpc) is 2.48.